The lowest BCUT2D eigenvalue weighted by Crippen LogP contribution is -2.34. The minimum Gasteiger partial charge on any atom is -0.348 e. The molecular formula is C26H25FN6O. The number of amides is 1. The summed E-state index contributed by atoms with van der Waals surface area (Å²) in [6, 6.07) is 19.0. The number of rotatable bonds is 6. The third-order valence-corrected chi connectivity index (χ3v) is 5.87. The van der Waals surface area contributed by atoms with Gasteiger partial charge in [-0.25, -0.2) is 9.07 Å². The molecule has 2 heterocycles. The van der Waals surface area contributed by atoms with E-state index in [1.807, 2.05) is 6.07 Å². The van der Waals surface area contributed by atoms with Gasteiger partial charge in [-0.1, -0.05) is 30.3 Å². The van der Waals surface area contributed by atoms with Crippen LogP contribution in [-0.2, 0) is 11.3 Å². The topological polar surface area (TPSA) is 97.8 Å². The third kappa shape index (κ3) is 4.89. The van der Waals surface area contributed by atoms with Crippen molar-refractivity contribution in [2.45, 2.75) is 32.4 Å². The van der Waals surface area contributed by atoms with E-state index < -0.39 is 0 Å². The standard InChI is InChI=1S/C26H25FN6O/c1-2-22(26(34)30-17-19-10-8-18(16-28)9-11-19)33-24(29)12-13-25(31-33)32-14-4-7-23(32)20-5-3-6-21(27)15-20/h2-3,5-6,8-13,15,23,29H,4,7,14,17H2,1H3,(H,30,34). The summed E-state index contributed by atoms with van der Waals surface area (Å²) >= 11 is 0. The molecule has 0 radical (unpaired) electrons. The van der Waals surface area contributed by atoms with E-state index in [0.717, 1.165) is 30.5 Å². The molecule has 8 heteroatoms. The molecule has 1 aliphatic heterocycles. The first kappa shape index (κ1) is 22.9. The van der Waals surface area contributed by atoms with Crippen LogP contribution in [0.2, 0.25) is 0 Å². The Labute approximate surface area is 197 Å². The van der Waals surface area contributed by atoms with Crippen LogP contribution in [0.25, 0.3) is 5.70 Å². The largest absolute Gasteiger partial charge is 0.348 e. The monoisotopic (exact) mass is 456 g/mol. The van der Waals surface area contributed by atoms with Crippen LogP contribution in [0.4, 0.5) is 10.2 Å². The van der Waals surface area contributed by atoms with Gasteiger partial charge in [0.15, 0.2) is 0 Å². The van der Waals surface area contributed by atoms with Crippen LogP contribution in [-0.4, -0.2) is 22.2 Å². The highest BCUT2D eigenvalue weighted by molar-refractivity contribution is 6.13. The number of aromatic nitrogens is 2. The van der Waals surface area contributed by atoms with Gasteiger partial charge in [0.1, 0.15) is 22.8 Å². The zero-order valence-corrected chi connectivity index (χ0v) is 18.8. The normalized spacial score (nSPS) is 15.7. The van der Waals surface area contributed by atoms with Crippen LogP contribution in [0.3, 0.4) is 0 Å². The predicted molar refractivity (Wildman–Crippen MR) is 127 cm³/mol. The first-order valence-corrected chi connectivity index (χ1v) is 11.1. The molecular weight excluding hydrogens is 431 g/mol. The second-order valence-corrected chi connectivity index (χ2v) is 8.06. The van der Waals surface area contributed by atoms with E-state index in [0.29, 0.717) is 11.4 Å². The minimum atomic E-state index is -0.363. The van der Waals surface area contributed by atoms with Crippen molar-refractivity contribution in [3.8, 4) is 6.07 Å². The maximum Gasteiger partial charge on any atom is 0.269 e. The third-order valence-electron chi connectivity index (χ3n) is 5.87. The van der Waals surface area contributed by atoms with Crippen LogP contribution in [0.5, 0.6) is 0 Å². The number of anilines is 1. The molecule has 0 aliphatic carbocycles. The number of hydrogen-bond acceptors (Lipinski definition) is 5. The zero-order valence-electron chi connectivity index (χ0n) is 18.8. The number of nitriles is 1. The van der Waals surface area contributed by atoms with Crippen molar-refractivity contribution in [2.75, 3.05) is 11.4 Å². The van der Waals surface area contributed by atoms with E-state index in [9.17, 15) is 9.18 Å². The summed E-state index contributed by atoms with van der Waals surface area (Å²) in [5, 5.41) is 24.7. The summed E-state index contributed by atoms with van der Waals surface area (Å²) in [6.07, 6.45) is 3.43. The smallest absolute Gasteiger partial charge is 0.269 e. The summed E-state index contributed by atoms with van der Waals surface area (Å²) in [7, 11) is 0. The maximum atomic E-state index is 13.8. The Bertz CT molecular complexity index is 1320. The Morgan fingerprint density at radius 3 is 2.76 bits per heavy atom. The van der Waals surface area contributed by atoms with Crippen LogP contribution in [0.1, 0.15) is 42.5 Å². The van der Waals surface area contributed by atoms with Crippen LogP contribution in [0.15, 0.2) is 66.7 Å². The van der Waals surface area contributed by atoms with Gasteiger partial charge in [0.2, 0.25) is 0 Å². The van der Waals surface area contributed by atoms with E-state index >= 15 is 0 Å². The Kier molecular flexibility index (Phi) is 6.83. The number of benzene rings is 2. The number of carbonyl (C=O) groups is 1. The van der Waals surface area contributed by atoms with Gasteiger partial charge in [0, 0.05) is 13.1 Å². The van der Waals surface area contributed by atoms with Crippen LogP contribution in [0, 0.1) is 22.6 Å². The van der Waals surface area contributed by atoms with Crippen molar-refractivity contribution in [1.29, 1.82) is 10.7 Å². The number of nitrogens with zero attached hydrogens (tertiary/aromatic N) is 4. The highest BCUT2D eigenvalue weighted by Gasteiger charge is 2.28. The first-order chi connectivity index (χ1) is 16.5. The molecule has 1 aromatic heterocycles. The van der Waals surface area contributed by atoms with E-state index in [4.69, 9.17) is 10.7 Å². The summed E-state index contributed by atoms with van der Waals surface area (Å²) in [6.45, 7) is 2.76. The fraction of sp³-hybridized carbons (Fsp3) is 0.231. The SMILES string of the molecule is CC=C(C(=O)NCc1ccc(C#N)cc1)n1nc(N2CCCC2c2cccc(F)c2)ccc1=N. The summed E-state index contributed by atoms with van der Waals surface area (Å²) in [5.41, 5.74) is 2.61. The molecule has 172 valence electrons. The number of halogens is 1. The maximum absolute atomic E-state index is 13.8. The lowest BCUT2D eigenvalue weighted by molar-refractivity contribution is -0.116. The van der Waals surface area contributed by atoms with Crippen LogP contribution < -0.4 is 15.7 Å². The molecule has 0 saturated carbocycles. The van der Waals surface area contributed by atoms with E-state index in [2.05, 4.69) is 21.4 Å². The van der Waals surface area contributed by atoms with E-state index in [-0.39, 0.29) is 35.5 Å². The lowest BCUT2D eigenvalue weighted by atomic mass is 10.0. The van der Waals surface area contributed by atoms with E-state index in [1.54, 1.807) is 61.5 Å². The average Bonchev–Trinajstić information content (AvgIpc) is 3.35. The van der Waals surface area contributed by atoms with Gasteiger partial charge in [-0.15, -0.1) is 5.10 Å². The number of allylic oxidation sites excluding steroid dienone is 1. The van der Waals surface area contributed by atoms with Crippen molar-refractivity contribution < 1.29 is 9.18 Å². The van der Waals surface area contributed by atoms with Crippen LogP contribution >= 0.6 is 0 Å². The number of nitrogens with one attached hydrogen (secondary N) is 2. The van der Waals surface area contributed by atoms with Gasteiger partial charge >= 0.3 is 0 Å². The Morgan fingerprint density at radius 1 is 1.26 bits per heavy atom. The molecule has 1 saturated heterocycles. The van der Waals surface area contributed by atoms with Gasteiger partial charge in [-0.3, -0.25) is 10.2 Å². The molecule has 1 unspecified atom stereocenters. The second kappa shape index (κ2) is 10.1. The average molecular weight is 457 g/mol. The Balaban J connectivity index is 1.55. The Hall–Kier alpha value is -4.25. The highest BCUT2D eigenvalue weighted by Crippen LogP contribution is 2.35. The summed E-state index contributed by atoms with van der Waals surface area (Å²) < 4.78 is 15.1. The molecule has 3 aromatic rings. The fourth-order valence-corrected chi connectivity index (χ4v) is 4.17. The molecule has 34 heavy (non-hydrogen) atoms. The highest BCUT2D eigenvalue weighted by atomic mass is 19.1. The summed E-state index contributed by atoms with van der Waals surface area (Å²) in [5.74, 6) is -0.0101. The predicted octanol–water partition coefficient (Wildman–Crippen LogP) is 3.89. The molecule has 2 aromatic carbocycles. The molecule has 0 bridgehead atoms. The number of hydrogen-bond donors (Lipinski definition) is 2. The quantitative estimate of drug-likeness (QED) is 0.550. The van der Waals surface area contributed by atoms with Gasteiger partial charge in [-0.2, -0.15) is 5.26 Å². The van der Waals surface area contributed by atoms with Gasteiger partial charge in [0.25, 0.3) is 5.91 Å². The van der Waals surface area contributed by atoms with Crippen molar-refractivity contribution in [2.24, 2.45) is 0 Å². The molecule has 7 nitrogen and oxygen atoms in total. The molecule has 1 aliphatic rings. The fourth-order valence-electron chi connectivity index (χ4n) is 4.17. The zero-order chi connectivity index (χ0) is 24.1. The van der Waals surface area contributed by atoms with Crippen molar-refractivity contribution in [1.82, 2.24) is 15.1 Å². The Morgan fingerprint density at radius 2 is 2.06 bits per heavy atom. The summed E-state index contributed by atoms with van der Waals surface area (Å²) in [4.78, 5) is 15.0. The van der Waals surface area contributed by atoms with Crippen molar-refractivity contribution in [3.05, 3.63) is 94.7 Å². The molecule has 0 spiro atoms. The van der Waals surface area contributed by atoms with Gasteiger partial charge < -0.3 is 10.2 Å². The lowest BCUT2D eigenvalue weighted by Gasteiger charge is -2.26. The molecule has 1 atom stereocenters. The molecule has 1 amide bonds. The van der Waals surface area contributed by atoms with Gasteiger partial charge in [-0.05, 0) is 67.3 Å². The molecule has 4 rings (SSSR count). The molecule has 2 N–H and O–H groups in total. The van der Waals surface area contributed by atoms with Crippen molar-refractivity contribution >= 4 is 17.4 Å². The van der Waals surface area contributed by atoms with Gasteiger partial charge in [0.05, 0.1) is 17.7 Å². The molecule has 1 fully saturated rings. The minimum absolute atomic E-state index is 0.0208. The first-order valence-electron chi connectivity index (χ1n) is 11.1. The van der Waals surface area contributed by atoms with E-state index in [1.165, 1.54) is 10.7 Å². The number of carbonyl (C=O) groups excluding carboxylic acids is 1. The second-order valence-electron chi connectivity index (χ2n) is 8.06. The van der Waals surface area contributed by atoms with Crippen molar-refractivity contribution in [3.63, 3.8) is 0 Å².